The van der Waals surface area contributed by atoms with Crippen molar-refractivity contribution in [3.63, 3.8) is 0 Å². The smallest absolute Gasteiger partial charge is 0.410 e. The number of amides is 1. The van der Waals surface area contributed by atoms with Crippen LogP contribution in [0.15, 0.2) is 72.8 Å². The van der Waals surface area contributed by atoms with Crippen molar-refractivity contribution in [2.75, 3.05) is 18.4 Å². The molecule has 1 N–H and O–H groups in total. The first-order chi connectivity index (χ1) is 22.2. The van der Waals surface area contributed by atoms with E-state index in [1.54, 1.807) is 12.1 Å². The highest BCUT2D eigenvalue weighted by atomic mass is 35.5. The van der Waals surface area contributed by atoms with Crippen LogP contribution in [-0.4, -0.2) is 57.1 Å². The molecule has 4 aromatic rings. The number of nitrogens with one attached hydrogen (secondary N) is 1. The Morgan fingerprint density at radius 3 is 2.35 bits per heavy atom. The van der Waals surface area contributed by atoms with Crippen LogP contribution in [0, 0.1) is 10.1 Å². The van der Waals surface area contributed by atoms with Gasteiger partial charge in [0.15, 0.2) is 0 Å². The van der Waals surface area contributed by atoms with Gasteiger partial charge in [0, 0.05) is 29.3 Å². The molecule has 1 aliphatic heterocycles. The number of esters is 1. The van der Waals surface area contributed by atoms with Crippen LogP contribution >= 0.6 is 23.2 Å². The lowest BCUT2D eigenvalue weighted by Crippen LogP contribution is -2.36. The molecule has 3 aromatic carbocycles. The number of nitrogens with zero attached hydrogens (tertiary/aromatic N) is 4. The molecule has 2 atom stereocenters. The zero-order valence-corrected chi connectivity index (χ0v) is 26.6. The topological polar surface area (TPSA) is 137 Å². The van der Waals surface area contributed by atoms with Gasteiger partial charge in [0.2, 0.25) is 0 Å². The number of aromatic nitrogens is 2. The van der Waals surface area contributed by atoms with E-state index in [0.29, 0.717) is 51.4 Å². The fourth-order valence-electron chi connectivity index (χ4n) is 5.10. The summed E-state index contributed by atoms with van der Waals surface area (Å²) in [6.07, 6.45) is -0.274. The summed E-state index contributed by atoms with van der Waals surface area (Å²) in [7, 11) is 0. The van der Waals surface area contributed by atoms with E-state index in [2.05, 4.69) is 5.32 Å². The second-order valence-electron chi connectivity index (χ2n) is 10.6. The minimum Gasteiger partial charge on any atom is -0.455 e. The average Bonchev–Trinajstić information content (AvgIpc) is 3.45. The van der Waals surface area contributed by atoms with Gasteiger partial charge >= 0.3 is 12.1 Å². The van der Waals surface area contributed by atoms with Crippen molar-refractivity contribution in [1.82, 2.24) is 14.9 Å². The van der Waals surface area contributed by atoms with Gasteiger partial charge in [-0.3, -0.25) is 10.1 Å². The van der Waals surface area contributed by atoms with E-state index >= 15 is 0 Å². The number of nitro benzene ring substituents is 1. The van der Waals surface area contributed by atoms with Gasteiger partial charge in [-0.25, -0.2) is 19.6 Å². The van der Waals surface area contributed by atoms with Crippen molar-refractivity contribution in [1.29, 1.82) is 0 Å². The third kappa shape index (κ3) is 7.55. The van der Waals surface area contributed by atoms with Crippen molar-refractivity contribution in [2.45, 2.75) is 45.4 Å². The summed E-state index contributed by atoms with van der Waals surface area (Å²) in [5, 5.41) is 15.4. The first-order valence-electron chi connectivity index (χ1n) is 14.7. The maximum absolute atomic E-state index is 13.1. The van der Waals surface area contributed by atoms with Gasteiger partial charge in [-0.1, -0.05) is 67.4 Å². The molecule has 0 radical (unpaired) electrons. The highest BCUT2D eigenvalue weighted by molar-refractivity contribution is 6.36. The molecule has 11 nitrogen and oxygen atoms in total. The summed E-state index contributed by atoms with van der Waals surface area (Å²) < 4.78 is 11.4. The van der Waals surface area contributed by atoms with Crippen molar-refractivity contribution in [3.05, 3.63) is 115 Å². The van der Waals surface area contributed by atoms with Crippen molar-refractivity contribution in [3.8, 4) is 11.3 Å². The standard InChI is InChI=1S/C33H31Cl2N5O6/c1-3-26-30(24-15-12-22(34)16-25(24)35)36-27(4-2)31(37-26)38-28-17-39(33(42)45-19-20-8-6-5-7-9-20)18-29(28)46-32(41)21-10-13-23(14-11-21)40(43)44/h5-16,28-29H,3-4,17-19H2,1-2H3,(H,37,38)/t28-,29+/m0/s1. The molecule has 46 heavy (non-hydrogen) atoms. The van der Waals surface area contributed by atoms with E-state index in [9.17, 15) is 19.7 Å². The number of nitro groups is 1. The molecular formula is C33H31Cl2N5O6. The first kappa shape index (κ1) is 32.6. The molecule has 2 heterocycles. The number of halogens is 2. The number of hydrogen-bond acceptors (Lipinski definition) is 9. The number of carbonyl (C=O) groups is 2. The summed E-state index contributed by atoms with van der Waals surface area (Å²) in [5.74, 6) is -0.191. The van der Waals surface area contributed by atoms with Crippen LogP contribution in [0.1, 0.15) is 41.2 Å². The molecular weight excluding hydrogens is 633 g/mol. The zero-order valence-electron chi connectivity index (χ0n) is 25.1. The highest BCUT2D eigenvalue weighted by Gasteiger charge is 2.39. The van der Waals surface area contributed by atoms with Crippen molar-refractivity contribution >= 4 is 46.8 Å². The number of rotatable bonds is 10. The maximum Gasteiger partial charge on any atom is 0.410 e. The van der Waals surface area contributed by atoms with Crippen molar-refractivity contribution in [2.24, 2.45) is 0 Å². The minimum atomic E-state index is -0.797. The fourth-order valence-corrected chi connectivity index (χ4v) is 5.60. The molecule has 0 spiro atoms. The predicted molar refractivity (Wildman–Crippen MR) is 174 cm³/mol. The van der Waals surface area contributed by atoms with Gasteiger partial charge in [0.1, 0.15) is 18.5 Å². The first-order valence-corrected chi connectivity index (χ1v) is 15.4. The van der Waals surface area contributed by atoms with E-state index < -0.39 is 29.1 Å². The molecule has 0 unspecified atom stereocenters. The Hall–Kier alpha value is -4.74. The Labute approximate surface area is 275 Å². The third-order valence-corrected chi connectivity index (χ3v) is 8.07. The lowest BCUT2D eigenvalue weighted by Gasteiger charge is -2.22. The Bertz CT molecular complexity index is 1740. The van der Waals surface area contributed by atoms with E-state index in [1.807, 2.05) is 50.2 Å². The fraction of sp³-hybridized carbons (Fsp3) is 0.273. The molecule has 0 aliphatic carbocycles. The molecule has 1 aliphatic rings. The largest absolute Gasteiger partial charge is 0.455 e. The highest BCUT2D eigenvalue weighted by Crippen LogP contribution is 2.33. The van der Waals surface area contributed by atoms with E-state index in [-0.39, 0.29) is 30.9 Å². The van der Waals surface area contributed by atoms with E-state index in [0.717, 1.165) is 5.56 Å². The number of ether oxygens (including phenoxy) is 2. The van der Waals surface area contributed by atoms with Crippen LogP contribution in [0.5, 0.6) is 0 Å². The zero-order chi connectivity index (χ0) is 32.8. The molecule has 13 heteroatoms. The van der Waals surface area contributed by atoms with Gasteiger partial charge in [-0.2, -0.15) is 0 Å². The SMILES string of the molecule is CCc1nc(-c2ccc(Cl)cc2Cl)c(CC)nc1N[C@H]1CN(C(=O)OCc2ccccc2)C[C@H]1OC(=O)c1ccc([N+](=O)[O-])cc1. The summed E-state index contributed by atoms with van der Waals surface area (Å²) in [5.41, 5.74) is 3.53. The summed E-state index contributed by atoms with van der Waals surface area (Å²) in [4.78, 5) is 48.1. The maximum atomic E-state index is 13.1. The number of non-ortho nitro benzene ring substituents is 1. The average molecular weight is 665 g/mol. The Kier molecular flexibility index (Phi) is 10.3. The summed E-state index contributed by atoms with van der Waals surface area (Å²) >= 11 is 12.6. The minimum absolute atomic E-state index is 0.0536. The van der Waals surface area contributed by atoms with Gasteiger partial charge in [0.25, 0.3) is 5.69 Å². The second-order valence-corrected chi connectivity index (χ2v) is 11.4. The van der Waals surface area contributed by atoms with Crippen LogP contribution < -0.4 is 5.32 Å². The van der Waals surface area contributed by atoms with Crippen LogP contribution in [0.25, 0.3) is 11.3 Å². The molecule has 1 aromatic heterocycles. The molecule has 238 valence electrons. The molecule has 0 saturated carbocycles. The van der Waals surface area contributed by atoms with Gasteiger partial charge in [-0.15, -0.1) is 0 Å². The monoisotopic (exact) mass is 663 g/mol. The summed E-state index contributed by atoms with van der Waals surface area (Å²) in [6.45, 7) is 4.20. The normalized spacial score (nSPS) is 15.8. The predicted octanol–water partition coefficient (Wildman–Crippen LogP) is 7.14. The molecule has 0 bridgehead atoms. The van der Waals surface area contributed by atoms with Gasteiger partial charge < -0.3 is 19.7 Å². The quantitative estimate of drug-likeness (QED) is 0.107. The van der Waals surface area contributed by atoms with Crippen molar-refractivity contribution < 1.29 is 24.0 Å². The van der Waals surface area contributed by atoms with Crippen LogP contribution in [0.3, 0.4) is 0 Å². The van der Waals surface area contributed by atoms with Crippen LogP contribution in [-0.2, 0) is 28.9 Å². The van der Waals surface area contributed by atoms with E-state index in [4.69, 9.17) is 42.6 Å². The molecule has 1 fully saturated rings. The molecule has 1 saturated heterocycles. The third-order valence-electron chi connectivity index (χ3n) is 7.52. The number of anilines is 1. The molecule has 5 rings (SSSR count). The van der Waals surface area contributed by atoms with E-state index in [1.165, 1.54) is 29.2 Å². The summed E-state index contributed by atoms with van der Waals surface area (Å²) in [6, 6.07) is 19.1. The van der Waals surface area contributed by atoms with Gasteiger partial charge in [0.05, 0.1) is 45.2 Å². The van der Waals surface area contributed by atoms with Gasteiger partial charge in [-0.05, 0) is 48.7 Å². The van der Waals surface area contributed by atoms with Crippen LogP contribution in [0.2, 0.25) is 10.0 Å². The Morgan fingerprint density at radius 1 is 0.978 bits per heavy atom. The van der Waals surface area contributed by atoms with Crippen LogP contribution in [0.4, 0.5) is 16.3 Å². The lowest BCUT2D eigenvalue weighted by atomic mass is 10.1. The molecule has 1 amide bonds. The Balaban J connectivity index is 1.41. The Morgan fingerprint density at radius 2 is 1.70 bits per heavy atom. The number of aryl methyl sites for hydroxylation is 2. The lowest BCUT2D eigenvalue weighted by molar-refractivity contribution is -0.384. The second kappa shape index (κ2) is 14.6. The number of benzene rings is 3. The number of carbonyl (C=O) groups excluding carboxylic acids is 2. The number of likely N-dealkylation sites (tertiary alicyclic amines) is 1. The number of hydrogen-bond donors (Lipinski definition) is 1.